The Morgan fingerprint density at radius 3 is 2.76 bits per heavy atom. The number of rotatable bonds is 7. The molecule has 0 aliphatic carbocycles. The van der Waals surface area contributed by atoms with Gasteiger partial charge in [-0.15, -0.1) is 0 Å². The van der Waals surface area contributed by atoms with Crippen LogP contribution in [0.25, 0.3) is 28.4 Å². The van der Waals surface area contributed by atoms with Crippen molar-refractivity contribution in [3.63, 3.8) is 0 Å². The van der Waals surface area contributed by atoms with Gasteiger partial charge in [-0.05, 0) is 79.0 Å². The molecule has 9 nitrogen and oxygen atoms in total. The Kier molecular flexibility index (Phi) is 6.89. The van der Waals surface area contributed by atoms with Gasteiger partial charge < -0.3 is 14.6 Å². The van der Waals surface area contributed by atoms with Crippen molar-refractivity contribution in [1.29, 1.82) is 0 Å². The van der Waals surface area contributed by atoms with Crippen molar-refractivity contribution < 1.29 is 14.0 Å². The van der Waals surface area contributed by atoms with Crippen LogP contribution in [0, 0.1) is 5.92 Å². The zero-order valence-corrected chi connectivity index (χ0v) is 21.4. The molecule has 2 aliphatic rings. The van der Waals surface area contributed by atoms with E-state index in [0.29, 0.717) is 29.0 Å². The number of para-hydroxylation sites is 1. The maximum absolute atomic E-state index is 11.8. The third-order valence-electron chi connectivity index (χ3n) is 6.79. The lowest BCUT2D eigenvalue weighted by molar-refractivity contribution is -0.115. The molecule has 2 amide bonds. The SMILES string of the molecule is O=C1NC(=O)C(=Cc2ccnc(N3CCC(CNCc4cc5ccccc5nc4-c4ccco4)CC3)n2)S1. The first kappa shape index (κ1) is 24.3. The first-order valence-electron chi connectivity index (χ1n) is 12.6. The molecule has 2 N–H and O–H groups in total. The van der Waals surface area contributed by atoms with Gasteiger partial charge in [0.15, 0.2) is 5.76 Å². The van der Waals surface area contributed by atoms with Gasteiger partial charge in [0.05, 0.1) is 22.4 Å². The van der Waals surface area contributed by atoms with Crippen LogP contribution >= 0.6 is 11.8 Å². The fraction of sp³-hybridized carbons (Fsp3) is 0.250. The minimum Gasteiger partial charge on any atom is -0.463 e. The number of pyridine rings is 1. The first-order valence-corrected chi connectivity index (χ1v) is 13.4. The lowest BCUT2D eigenvalue weighted by Gasteiger charge is -2.32. The number of carbonyl (C=O) groups is 2. The Hall–Kier alpha value is -4.02. The summed E-state index contributed by atoms with van der Waals surface area (Å²) in [6.45, 7) is 3.33. The monoisotopic (exact) mass is 526 g/mol. The molecule has 0 unspecified atom stereocenters. The van der Waals surface area contributed by atoms with Crippen molar-refractivity contribution in [2.45, 2.75) is 19.4 Å². The van der Waals surface area contributed by atoms with Crippen molar-refractivity contribution in [3.8, 4) is 11.5 Å². The van der Waals surface area contributed by atoms with Crippen LogP contribution in [-0.2, 0) is 11.3 Å². The molecule has 0 saturated carbocycles. The van der Waals surface area contributed by atoms with Crippen LogP contribution < -0.4 is 15.5 Å². The van der Waals surface area contributed by atoms with Crippen LogP contribution in [0.5, 0.6) is 0 Å². The molecule has 3 aromatic heterocycles. The molecule has 10 heteroatoms. The van der Waals surface area contributed by atoms with E-state index in [9.17, 15) is 9.59 Å². The quantitative estimate of drug-likeness (QED) is 0.333. The van der Waals surface area contributed by atoms with Gasteiger partial charge in [0.25, 0.3) is 11.1 Å². The van der Waals surface area contributed by atoms with Gasteiger partial charge >= 0.3 is 0 Å². The van der Waals surface area contributed by atoms with Crippen LogP contribution in [0.1, 0.15) is 24.1 Å². The average molecular weight is 527 g/mol. The molecule has 0 bridgehead atoms. The molecule has 6 rings (SSSR count). The number of aromatic nitrogens is 3. The minimum atomic E-state index is -0.385. The van der Waals surface area contributed by atoms with Crippen LogP contribution in [0.3, 0.4) is 0 Å². The van der Waals surface area contributed by atoms with Gasteiger partial charge in [-0.25, -0.2) is 15.0 Å². The summed E-state index contributed by atoms with van der Waals surface area (Å²) in [5, 5.41) is 6.66. The highest BCUT2D eigenvalue weighted by molar-refractivity contribution is 8.18. The highest BCUT2D eigenvalue weighted by Crippen LogP contribution is 2.28. The second-order valence-corrected chi connectivity index (χ2v) is 10.4. The smallest absolute Gasteiger partial charge is 0.290 e. The fourth-order valence-corrected chi connectivity index (χ4v) is 5.49. The number of furan rings is 1. The molecule has 192 valence electrons. The summed E-state index contributed by atoms with van der Waals surface area (Å²) in [5.41, 5.74) is 3.56. The molecule has 0 radical (unpaired) electrons. The summed E-state index contributed by atoms with van der Waals surface area (Å²) in [4.78, 5) is 39.7. The van der Waals surface area contributed by atoms with Gasteiger partial charge in [-0.1, -0.05) is 18.2 Å². The van der Waals surface area contributed by atoms with Crippen LogP contribution in [0.4, 0.5) is 10.7 Å². The molecule has 2 fully saturated rings. The molecule has 1 aromatic carbocycles. The van der Waals surface area contributed by atoms with Gasteiger partial charge in [0.2, 0.25) is 5.95 Å². The highest BCUT2D eigenvalue weighted by atomic mass is 32.2. The Morgan fingerprint density at radius 2 is 1.97 bits per heavy atom. The predicted octanol–water partition coefficient (Wildman–Crippen LogP) is 4.61. The summed E-state index contributed by atoms with van der Waals surface area (Å²) >= 11 is 0.888. The summed E-state index contributed by atoms with van der Waals surface area (Å²) in [6.07, 6.45) is 7.05. The normalized spacial score (nSPS) is 17.5. The predicted molar refractivity (Wildman–Crippen MR) is 147 cm³/mol. The number of imide groups is 1. The van der Waals surface area contributed by atoms with E-state index in [4.69, 9.17) is 9.40 Å². The third-order valence-corrected chi connectivity index (χ3v) is 7.60. The number of carbonyl (C=O) groups excluding carboxylic acids is 2. The number of hydrogen-bond acceptors (Lipinski definition) is 9. The summed E-state index contributed by atoms with van der Waals surface area (Å²) in [6, 6.07) is 15.9. The number of anilines is 1. The van der Waals surface area contributed by atoms with E-state index in [0.717, 1.165) is 72.2 Å². The molecule has 2 aliphatic heterocycles. The van der Waals surface area contributed by atoms with Crippen LogP contribution in [-0.4, -0.2) is 45.7 Å². The molecule has 0 spiro atoms. The summed E-state index contributed by atoms with van der Waals surface area (Å²) in [5.74, 6) is 1.58. The van der Waals surface area contributed by atoms with E-state index in [-0.39, 0.29) is 11.1 Å². The maximum Gasteiger partial charge on any atom is 0.290 e. The number of benzene rings is 1. The summed E-state index contributed by atoms with van der Waals surface area (Å²) in [7, 11) is 0. The van der Waals surface area contributed by atoms with Crippen molar-refractivity contribution in [3.05, 3.63) is 77.2 Å². The van der Waals surface area contributed by atoms with E-state index in [1.165, 1.54) is 0 Å². The number of nitrogens with zero attached hydrogens (tertiary/aromatic N) is 4. The van der Waals surface area contributed by atoms with E-state index >= 15 is 0 Å². The maximum atomic E-state index is 11.8. The number of piperidine rings is 1. The second kappa shape index (κ2) is 10.8. The van der Waals surface area contributed by atoms with Crippen LogP contribution in [0.15, 0.2) is 70.3 Å². The molecule has 4 aromatic rings. The fourth-order valence-electron chi connectivity index (χ4n) is 4.82. The number of nitrogens with one attached hydrogen (secondary N) is 2. The molecule has 5 heterocycles. The van der Waals surface area contributed by atoms with Crippen LogP contribution in [0.2, 0.25) is 0 Å². The number of hydrogen-bond donors (Lipinski definition) is 2. The first-order chi connectivity index (χ1) is 18.6. The number of fused-ring (bicyclic) bond motifs is 1. The van der Waals surface area contributed by atoms with Gasteiger partial charge in [-0.2, -0.15) is 0 Å². The van der Waals surface area contributed by atoms with E-state index in [1.807, 2.05) is 30.3 Å². The zero-order chi connectivity index (χ0) is 25.9. The zero-order valence-electron chi connectivity index (χ0n) is 20.6. The van der Waals surface area contributed by atoms with Crippen molar-refractivity contribution in [2.24, 2.45) is 5.92 Å². The Labute approximate surface area is 223 Å². The highest BCUT2D eigenvalue weighted by Gasteiger charge is 2.26. The average Bonchev–Trinajstić information content (AvgIpc) is 3.58. The largest absolute Gasteiger partial charge is 0.463 e. The van der Waals surface area contributed by atoms with Crippen molar-refractivity contribution in [1.82, 2.24) is 25.6 Å². The minimum absolute atomic E-state index is 0.348. The Balaban J connectivity index is 1.06. The van der Waals surface area contributed by atoms with Crippen molar-refractivity contribution in [2.75, 3.05) is 24.5 Å². The number of thioether (sulfide) groups is 1. The standard InChI is InChI=1S/C28H26N6O3S/c35-26-24(38-28(36)33-26)15-21-7-10-30-27(31-21)34-11-8-18(9-12-34)16-29-17-20-14-19-4-1-2-5-22(19)32-25(20)23-6-3-13-37-23/h1-7,10,13-15,18,29H,8-9,11-12,16-17H2,(H,33,35,36). The summed E-state index contributed by atoms with van der Waals surface area (Å²) < 4.78 is 5.67. The molecule has 0 atom stereocenters. The topological polar surface area (TPSA) is 113 Å². The molecule has 2 saturated heterocycles. The van der Waals surface area contributed by atoms with E-state index in [1.54, 1.807) is 24.6 Å². The Morgan fingerprint density at radius 1 is 1.11 bits per heavy atom. The molecular weight excluding hydrogens is 500 g/mol. The molecular formula is C28H26N6O3S. The Bertz CT molecular complexity index is 1510. The van der Waals surface area contributed by atoms with Gasteiger partial charge in [-0.3, -0.25) is 14.9 Å². The van der Waals surface area contributed by atoms with E-state index in [2.05, 4.69) is 37.6 Å². The number of amides is 2. The van der Waals surface area contributed by atoms with E-state index < -0.39 is 0 Å². The lowest BCUT2D eigenvalue weighted by Crippen LogP contribution is -2.38. The third kappa shape index (κ3) is 5.32. The van der Waals surface area contributed by atoms with Crippen molar-refractivity contribution >= 4 is 45.8 Å². The van der Waals surface area contributed by atoms with Gasteiger partial charge in [0.1, 0.15) is 5.69 Å². The lowest BCUT2D eigenvalue weighted by atomic mass is 9.97. The second-order valence-electron chi connectivity index (χ2n) is 9.36. The van der Waals surface area contributed by atoms with Gasteiger partial charge in [0, 0.05) is 31.2 Å². The molecule has 38 heavy (non-hydrogen) atoms.